The highest BCUT2D eigenvalue weighted by atomic mass is 35.5. The number of alkyl halides is 3. The maximum absolute atomic E-state index is 12.7. The molecule has 0 atom stereocenters. The fourth-order valence-corrected chi connectivity index (χ4v) is 3.66. The predicted molar refractivity (Wildman–Crippen MR) is 129 cm³/mol. The standard InChI is InChI=1S/C25H29ClF3N3O/c1-16-10-17(12-19(11-16)33-15-25(27,28)29)21-14-31-22-13-18(26)6-7-20(22)23(21)30-8-5-9-32-24(2,3)4/h6-7,10-14,32H,5,8-9,15H2,1-4H3,(H,30,31). The van der Waals surface area contributed by atoms with Crippen LogP contribution in [0.5, 0.6) is 5.75 Å². The van der Waals surface area contributed by atoms with Crippen LogP contribution in [0.25, 0.3) is 22.0 Å². The Labute approximate surface area is 197 Å². The summed E-state index contributed by atoms with van der Waals surface area (Å²) in [5.74, 6) is 0.166. The lowest BCUT2D eigenvalue weighted by atomic mass is 10.00. The average Bonchev–Trinajstić information content (AvgIpc) is 2.70. The van der Waals surface area contributed by atoms with Crippen molar-refractivity contribution in [2.75, 3.05) is 25.0 Å². The number of aromatic nitrogens is 1. The van der Waals surface area contributed by atoms with Gasteiger partial charge in [-0.25, -0.2) is 0 Å². The zero-order valence-corrected chi connectivity index (χ0v) is 20.0. The van der Waals surface area contributed by atoms with Crippen LogP contribution in [-0.4, -0.2) is 36.4 Å². The minimum Gasteiger partial charge on any atom is -0.484 e. The first-order valence-corrected chi connectivity index (χ1v) is 11.2. The summed E-state index contributed by atoms with van der Waals surface area (Å²) in [5.41, 5.74) is 3.95. The zero-order chi connectivity index (χ0) is 24.2. The van der Waals surface area contributed by atoms with Gasteiger partial charge in [0.2, 0.25) is 0 Å². The van der Waals surface area contributed by atoms with Crippen LogP contribution in [0.1, 0.15) is 32.8 Å². The van der Waals surface area contributed by atoms with Crippen LogP contribution in [0, 0.1) is 6.92 Å². The normalized spacial score (nSPS) is 12.2. The van der Waals surface area contributed by atoms with Crippen LogP contribution in [0.2, 0.25) is 5.02 Å². The van der Waals surface area contributed by atoms with Gasteiger partial charge in [0.1, 0.15) is 5.75 Å². The van der Waals surface area contributed by atoms with Gasteiger partial charge < -0.3 is 15.4 Å². The average molecular weight is 480 g/mol. The highest BCUT2D eigenvalue weighted by molar-refractivity contribution is 6.31. The molecule has 0 saturated carbocycles. The smallest absolute Gasteiger partial charge is 0.422 e. The number of anilines is 1. The zero-order valence-electron chi connectivity index (χ0n) is 19.2. The molecule has 33 heavy (non-hydrogen) atoms. The fourth-order valence-electron chi connectivity index (χ4n) is 3.49. The van der Waals surface area contributed by atoms with Crippen LogP contribution >= 0.6 is 11.6 Å². The van der Waals surface area contributed by atoms with Crippen LogP contribution < -0.4 is 15.4 Å². The minimum atomic E-state index is -4.40. The SMILES string of the molecule is Cc1cc(OCC(F)(F)F)cc(-c2cnc3cc(Cl)ccc3c2NCCCNC(C)(C)C)c1. The first-order chi connectivity index (χ1) is 15.4. The number of nitrogens with zero attached hydrogens (tertiary/aromatic N) is 1. The number of nitrogens with one attached hydrogen (secondary N) is 2. The van der Waals surface area contributed by atoms with Gasteiger partial charge in [0.15, 0.2) is 6.61 Å². The molecule has 1 aromatic heterocycles. The summed E-state index contributed by atoms with van der Waals surface area (Å²) in [5, 5.41) is 8.45. The lowest BCUT2D eigenvalue weighted by Gasteiger charge is -2.21. The summed E-state index contributed by atoms with van der Waals surface area (Å²) in [6, 6.07) is 10.6. The molecule has 0 aliphatic carbocycles. The molecule has 178 valence electrons. The summed E-state index contributed by atoms with van der Waals surface area (Å²) in [6.45, 7) is 8.40. The van der Waals surface area contributed by atoms with Gasteiger partial charge in [0.05, 0.1) is 11.2 Å². The largest absolute Gasteiger partial charge is 0.484 e. The number of ether oxygens (including phenoxy) is 1. The van der Waals surface area contributed by atoms with E-state index >= 15 is 0 Å². The highest BCUT2D eigenvalue weighted by Crippen LogP contribution is 2.36. The van der Waals surface area contributed by atoms with E-state index in [1.165, 1.54) is 0 Å². The first kappa shape index (κ1) is 25.1. The van der Waals surface area contributed by atoms with E-state index in [9.17, 15) is 13.2 Å². The van der Waals surface area contributed by atoms with Crippen LogP contribution in [-0.2, 0) is 0 Å². The first-order valence-electron chi connectivity index (χ1n) is 10.8. The van der Waals surface area contributed by atoms with E-state index in [0.29, 0.717) is 11.6 Å². The van der Waals surface area contributed by atoms with Gasteiger partial charge in [0.25, 0.3) is 0 Å². The van der Waals surface area contributed by atoms with E-state index in [2.05, 4.69) is 36.4 Å². The quantitative estimate of drug-likeness (QED) is 0.341. The van der Waals surface area contributed by atoms with Gasteiger partial charge in [-0.05, 0) is 82.1 Å². The second-order valence-corrected chi connectivity index (χ2v) is 9.54. The van der Waals surface area contributed by atoms with Crippen LogP contribution in [0.4, 0.5) is 18.9 Å². The molecule has 2 N–H and O–H groups in total. The number of hydrogen-bond donors (Lipinski definition) is 2. The second kappa shape index (κ2) is 10.2. The predicted octanol–water partition coefficient (Wildman–Crippen LogP) is 6.99. The van der Waals surface area contributed by atoms with E-state index in [4.69, 9.17) is 16.3 Å². The van der Waals surface area contributed by atoms with E-state index in [-0.39, 0.29) is 11.3 Å². The summed E-state index contributed by atoms with van der Waals surface area (Å²) in [6.07, 6.45) is -1.79. The molecule has 3 rings (SSSR count). The fraction of sp³-hybridized carbons (Fsp3) is 0.400. The molecule has 0 unspecified atom stereocenters. The molecule has 0 aliphatic rings. The van der Waals surface area contributed by atoms with E-state index in [1.54, 1.807) is 30.5 Å². The number of aryl methyl sites for hydroxylation is 1. The number of fused-ring (bicyclic) bond motifs is 1. The molecule has 3 aromatic rings. The molecule has 0 saturated heterocycles. The van der Waals surface area contributed by atoms with Gasteiger partial charge >= 0.3 is 6.18 Å². The van der Waals surface area contributed by atoms with Crippen LogP contribution in [0.3, 0.4) is 0 Å². The third-order valence-electron chi connectivity index (χ3n) is 4.91. The Hall–Kier alpha value is -2.51. The molecule has 2 aromatic carbocycles. The summed E-state index contributed by atoms with van der Waals surface area (Å²) >= 11 is 6.15. The lowest BCUT2D eigenvalue weighted by Crippen LogP contribution is -2.36. The van der Waals surface area contributed by atoms with Crippen molar-refractivity contribution >= 4 is 28.2 Å². The van der Waals surface area contributed by atoms with Crippen LogP contribution in [0.15, 0.2) is 42.6 Å². The molecule has 4 nitrogen and oxygen atoms in total. The Bertz CT molecular complexity index is 1110. The maximum atomic E-state index is 12.7. The van der Waals surface area contributed by atoms with Gasteiger partial charge in [-0.15, -0.1) is 0 Å². The molecule has 0 amide bonds. The number of rotatable bonds is 8. The number of hydrogen-bond acceptors (Lipinski definition) is 4. The molecular formula is C25H29ClF3N3O. The Balaban J connectivity index is 1.94. The van der Waals surface area contributed by atoms with E-state index in [0.717, 1.165) is 46.2 Å². The lowest BCUT2D eigenvalue weighted by molar-refractivity contribution is -0.153. The van der Waals surface area contributed by atoms with Crippen molar-refractivity contribution in [2.45, 2.75) is 45.8 Å². The molecule has 0 radical (unpaired) electrons. The summed E-state index contributed by atoms with van der Waals surface area (Å²) in [7, 11) is 0. The topological polar surface area (TPSA) is 46.2 Å². The van der Waals surface area contributed by atoms with Crippen molar-refractivity contribution in [3.8, 4) is 16.9 Å². The number of benzene rings is 2. The van der Waals surface area contributed by atoms with Gasteiger partial charge in [-0.3, -0.25) is 4.98 Å². The van der Waals surface area contributed by atoms with Gasteiger partial charge in [-0.2, -0.15) is 13.2 Å². The molecule has 0 spiro atoms. The molecular weight excluding hydrogens is 451 g/mol. The third-order valence-corrected chi connectivity index (χ3v) is 5.14. The van der Waals surface area contributed by atoms with E-state index in [1.807, 2.05) is 19.1 Å². The Morgan fingerprint density at radius 3 is 2.48 bits per heavy atom. The molecule has 0 bridgehead atoms. The number of halogens is 4. The Kier molecular flexibility index (Phi) is 7.75. The minimum absolute atomic E-state index is 0.0413. The molecule has 8 heteroatoms. The Morgan fingerprint density at radius 1 is 1.03 bits per heavy atom. The van der Waals surface area contributed by atoms with Crippen molar-refractivity contribution in [2.24, 2.45) is 0 Å². The summed E-state index contributed by atoms with van der Waals surface area (Å²) < 4.78 is 43.0. The van der Waals surface area contributed by atoms with Crippen molar-refractivity contribution in [1.29, 1.82) is 0 Å². The van der Waals surface area contributed by atoms with E-state index < -0.39 is 12.8 Å². The van der Waals surface area contributed by atoms with Crippen molar-refractivity contribution in [1.82, 2.24) is 10.3 Å². The molecule has 0 fully saturated rings. The second-order valence-electron chi connectivity index (χ2n) is 9.10. The highest BCUT2D eigenvalue weighted by Gasteiger charge is 2.28. The molecule has 1 heterocycles. The van der Waals surface area contributed by atoms with Crippen molar-refractivity contribution in [3.05, 3.63) is 53.2 Å². The van der Waals surface area contributed by atoms with Gasteiger partial charge in [-0.1, -0.05) is 17.7 Å². The van der Waals surface area contributed by atoms with Crippen molar-refractivity contribution in [3.63, 3.8) is 0 Å². The maximum Gasteiger partial charge on any atom is 0.422 e. The molecule has 0 aliphatic heterocycles. The third kappa shape index (κ3) is 7.51. The monoisotopic (exact) mass is 479 g/mol. The van der Waals surface area contributed by atoms with Crippen molar-refractivity contribution < 1.29 is 17.9 Å². The summed E-state index contributed by atoms with van der Waals surface area (Å²) in [4.78, 5) is 4.54. The Morgan fingerprint density at radius 2 is 1.79 bits per heavy atom. The van der Waals surface area contributed by atoms with Gasteiger partial charge in [0, 0.05) is 34.3 Å². The number of pyridine rings is 1.